The van der Waals surface area contributed by atoms with Crippen molar-refractivity contribution in [1.82, 2.24) is 14.7 Å². The van der Waals surface area contributed by atoms with Crippen molar-refractivity contribution in [2.75, 3.05) is 6.54 Å². The van der Waals surface area contributed by atoms with Crippen molar-refractivity contribution < 1.29 is 23.1 Å². The van der Waals surface area contributed by atoms with Crippen LogP contribution in [0.2, 0.25) is 5.02 Å². The lowest BCUT2D eigenvalue weighted by molar-refractivity contribution is -0.137. The van der Waals surface area contributed by atoms with Gasteiger partial charge < -0.3 is 10.0 Å². The molecule has 1 N–H and O–H groups in total. The number of carbonyl (C=O) groups is 1. The molecule has 186 valence electrons. The van der Waals surface area contributed by atoms with Gasteiger partial charge in [-0.05, 0) is 70.2 Å². The topological polar surface area (TPSA) is 58.4 Å². The third-order valence-corrected chi connectivity index (χ3v) is 6.65. The number of rotatable bonds is 5. The molecule has 9 heteroatoms. The number of para-hydroxylation sites is 1. The Hall–Kier alpha value is -3.00. The number of fused-ring (bicyclic) bond motifs is 1. The number of carboxylic acid groups (broad SMARTS) is 1. The maximum atomic E-state index is 13.8. The average molecular weight is 506 g/mol. The van der Waals surface area contributed by atoms with Crippen molar-refractivity contribution in [3.8, 4) is 16.9 Å². The number of aromatic nitrogens is 2. The summed E-state index contributed by atoms with van der Waals surface area (Å²) in [5, 5.41) is 14.8. The zero-order valence-corrected chi connectivity index (χ0v) is 20.5. The van der Waals surface area contributed by atoms with Gasteiger partial charge in [0.15, 0.2) is 0 Å². The first-order valence-electron chi connectivity index (χ1n) is 11.4. The Morgan fingerprint density at radius 2 is 1.77 bits per heavy atom. The highest BCUT2D eigenvalue weighted by molar-refractivity contribution is 6.30. The van der Waals surface area contributed by atoms with E-state index in [-0.39, 0.29) is 11.6 Å². The lowest BCUT2D eigenvalue weighted by Gasteiger charge is -2.33. The van der Waals surface area contributed by atoms with E-state index in [0.29, 0.717) is 36.5 Å². The molecule has 0 radical (unpaired) electrons. The van der Waals surface area contributed by atoms with Gasteiger partial charge in [-0.25, -0.2) is 9.48 Å². The summed E-state index contributed by atoms with van der Waals surface area (Å²) in [6, 6.07) is 12.4. The maximum absolute atomic E-state index is 13.8. The summed E-state index contributed by atoms with van der Waals surface area (Å²) in [5.74, 6) is 0.148. The van der Waals surface area contributed by atoms with Gasteiger partial charge in [0.25, 0.3) is 0 Å². The highest BCUT2D eigenvalue weighted by Gasteiger charge is 2.37. The van der Waals surface area contributed by atoms with Crippen LogP contribution in [0.5, 0.6) is 0 Å². The molecule has 1 aliphatic rings. The lowest BCUT2D eigenvalue weighted by atomic mass is 9.98. The predicted molar refractivity (Wildman–Crippen MR) is 129 cm³/mol. The molecular formula is C26H27ClF3N3O2. The standard InChI is InChI=1S/C26H27ClF3N3O2/c1-25(2,3)32(24(34)35)13-12-16-14-19-21(15-16)31-33(23(19)17-8-10-18(27)11-9-17)22-7-5-4-6-20(22)26(28,29)30/h4-11,16H,12-15H2,1-3H3,(H,34,35). The summed E-state index contributed by atoms with van der Waals surface area (Å²) in [6.07, 6.45) is -3.67. The van der Waals surface area contributed by atoms with E-state index in [1.807, 2.05) is 20.8 Å². The quantitative estimate of drug-likeness (QED) is 0.402. The smallest absolute Gasteiger partial charge is 0.418 e. The van der Waals surface area contributed by atoms with E-state index in [1.165, 1.54) is 21.7 Å². The second-order valence-electron chi connectivity index (χ2n) is 9.88. The summed E-state index contributed by atoms with van der Waals surface area (Å²) < 4.78 is 42.8. The first-order chi connectivity index (χ1) is 16.4. The molecule has 1 atom stereocenters. The van der Waals surface area contributed by atoms with Crippen LogP contribution in [0.25, 0.3) is 16.9 Å². The van der Waals surface area contributed by atoms with Gasteiger partial charge >= 0.3 is 12.3 Å². The monoisotopic (exact) mass is 505 g/mol. The molecule has 1 heterocycles. The summed E-state index contributed by atoms with van der Waals surface area (Å²) in [6.45, 7) is 5.93. The molecule has 1 amide bonds. The van der Waals surface area contributed by atoms with Crippen LogP contribution in [-0.4, -0.2) is 38.0 Å². The highest BCUT2D eigenvalue weighted by Crippen LogP contribution is 2.41. The van der Waals surface area contributed by atoms with E-state index in [2.05, 4.69) is 5.10 Å². The third-order valence-electron chi connectivity index (χ3n) is 6.40. The van der Waals surface area contributed by atoms with Crippen LogP contribution >= 0.6 is 11.6 Å². The minimum Gasteiger partial charge on any atom is -0.465 e. The van der Waals surface area contributed by atoms with Gasteiger partial charge in [0, 0.05) is 28.2 Å². The van der Waals surface area contributed by atoms with Crippen LogP contribution in [0.1, 0.15) is 44.0 Å². The largest absolute Gasteiger partial charge is 0.465 e. The Morgan fingerprint density at radius 1 is 1.11 bits per heavy atom. The molecule has 5 nitrogen and oxygen atoms in total. The van der Waals surface area contributed by atoms with Crippen molar-refractivity contribution in [3.05, 3.63) is 70.4 Å². The van der Waals surface area contributed by atoms with Crippen molar-refractivity contribution in [3.63, 3.8) is 0 Å². The third kappa shape index (κ3) is 5.17. The minimum atomic E-state index is -4.53. The van der Waals surface area contributed by atoms with Crippen LogP contribution < -0.4 is 0 Å². The first kappa shape index (κ1) is 25.1. The first-order valence-corrected chi connectivity index (χ1v) is 11.8. The summed E-state index contributed by atoms with van der Waals surface area (Å²) in [7, 11) is 0. The van der Waals surface area contributed by atoms with E-state index in [9.17, 15) is 23.1 Å². The fraction of sp³-hybridized carbons (Fsp3) is 0.385. The Labute approximate surface area is 207 Å². The summed E-state index contributed by atoms with van der Waals surface area (Å²) >= 11 is 6.06. The number of benzene rings is 2. The minimum absolute atomic E-state index is 0.0271. The predicted octanol–water partition coefficient (Wildman–Crippen LogP) is 7.09. The Bertz CT molecular complexity index is 1230. The van der Waals surface area contributed by atoms with E-state index >= 15 is 0 Å². The number of amides is 1. The van der Waals surface area contributed by atoms with Crippen LogP contribution in [0, 0.1) is 5.92 Å². The van der Waals surface area contributed by atoms with Crippen molar-refractivity contribution >= 4 is 17.7 Å². The fourth-order valence-corrected chi connectivity index (χ4v) is 4.84. The zero-order chi connectivity index (χ0) is 25.5. The van der Waals surface area contributed by atoms with Gasteiger partial charge in [0.1, 0.15) is 0 Å². The lowest BCUT2D eigenvalue weighted by Crippen LogP contribution is -2.45. The molecule has 2 aromatic carbocycles. The molecule has 1 aliphatic carbocycles. The van der Waals surface area contributed by atoms with Gasteiger partial charge in [-0.3, -0.25) is 0 Å². The molecule has 3 aromatic rings. The van der Waals surface area contributed by atoms with Gasteiger partial charge in [0.05, 0.1) is 22.6 Å². The molecule has 0 aliphatic heterocycles. The number of halogens is 4. The Morgan fingerprint density at radius 3 is 2.37 bits per heavy atom. The molecule has 4 rings (SSSR count). The molecule has 0 saturated carbocycles. The Balaban J connectivity index is 1.72. The molecular weight excluding hydrogens is 479 g/mol. The van der Waals surface area contributed by atoms with E-state index in [1.54, 1.807) is 30.3 Å². The van der Waals surface area contributed by atoms with Crippen molar-refractivity contribution in [2.45, 2.75) is 51.7 Å². The van der Waals surface area contributed by atoms with Gasteiger partial charge in [-0.1, -0.05) is 35.9 Å². The number of hydrogen-bond donors (Lipinski definition) is 1. The van der Waals surface area contributed by atoms with Crippen molar-refractivity contribution in [1.29, 1.82) is 0 Å². The van der Waals surface area contributed by atoms with E-state index in [4.69, 9.17) is 11.6 Å². The second kappa shape index (κ2) is 9.22. The van der Waals surface area contributed by atoms with Crippen LogP contribution in [0.15, 0.2) is 48.5 Å². The highest BCUT2D eigenvalue weighted by atomic mass is 35.5. The molecule has 1 unspecified atom stereocenters. The molecule has 0 bridgehead atoms. The van der Waals surface area contributed by atoms with Gasteiger partial charge in [-0.2, -0.15) is 18.3 Å². The fourth-order valence-electron chi connectivity index (χ4n) is 4.72. The molecule has 0 fully saturated rings. The molecule has 1 aromatic heterocycles. The van der Waals surface area contributed by atoms with Gasteiger partial charge in [0.2, 0.25) is 0 Å². The van der Waals surface area contributed by atoms with Crippen LogP contribution in [0.3, 0.4) is 0 Å². The number of alkyl halides is 3. The van der Waals surface area contributed by atoms with Crippen molar-refractivity contribution in [2.24, 2.45) is 5.92 Å². The normalized spacial score (nSPS) is 15.8. The molecule has 35 heavy (non-hydrogen) atoms. The second-order valence-corrected chi connectivity index (χ2v) is 10.3. The van der Waals surface area contributed by atoms with Crippen LogP contribution in [0.4, 0.5) is 18.0 Å². The number of nitrogens with zero attached hydrogens (tertiary/aromatic N) is 3. The molecule has 0 saturated heterocycles. The summed E-state index contributed by atoms with van der Waals surface area (Å²) in [5.41, 5.74) is 1.67. The van der Waals surface area contributed by atoms with Crippen LogP contribution in [-0.2, 0) is 19.0 Å². The van der Waals surface area contributed by atoms with E-state index < -0.39 is 23.4 Å². The molecule has 0 spiro atoms. The maximum Gasteiger partial charge on any atom is 0.418 e. The van der Waals surface area contributed by atoms with E-state index in [0.717, 1.165) is 22.9 Å². The number of hydrogen-bond acceptors (Lipinski definition) is 2. The average Bonchev–Trinajstić information content (AvgIpc) is 3.30. The summed E-state index contributed by atoms with van der Waals surface area (Å²) in [4.78, 5) is 13.1. The van der Waals surface area contributed by atoms with Gasteiger partial charge in [-0.15, -0.1) is 0 Å². The Kier molecular flexibility index (Phi) is 6.62. The SMILES string of the molecule is CC(C)(C)N(CCC1Cc2nn(-c3ccccc3C(F)(F)F)c(-c3ccc(Cl)cc3)c2C1)C(=O)O. The zero-order valence-electron chi connectivity index (χ0n) is 19.7.